The van der Waals surface area contributed by atoms with Gasteiger partial charge in [-0.2, -0.15) is 0 Å². The van der Waals surface area contributed by atoms with Crippen LogP contribution in [0.15, 0.2) is 23.1 Å². The van der Waals surface area contributed by atoms with E-state index in [1.807, 2.05) is 9.47 Å². The Labute approximate surface area is 157 Å². The smallest absolute Gasteiger partial charge is 0.341 e. The normalized spacial score (nSPS) is 16.4. The van der Waals surface area contributed by atoms with Gasteiger partial charge in [-0.1, -0.05) is 0 Å². The van der Waals surface area contributed by atoms with Gasteiger partial charge in [0.1, 0.15) is 11.4 Å². The number of hydrogen-bond acceptors (Lipinski definition) is 6. The molecular formula is C17H19FN4O6. The van der Waals surface area contributed by atoms with Crippen molar-refractivity contribution in [3.05, 3.63) is 50.0 Å². The number of carbonyl (C=O) groups is 1. The Morgan fingerprint density at radius 1 is 1.29 bits per heavy atom. The molecule has 1 aliphatic carbocycles. The predicted octanol–water partition coefficient (Wildman–Crippen LogP) is 1.24. The number of nitrogens with zero attached hydrogens (tertiary/aromatic N) is 3. The van der Waals surface area contributed by atoms with Gasteiger partial charge in [0.25, 0.3) is 5.09 Å². The third kappa shape index (κ3) is 4.03. The fourth-order valence-corrected chi connectivity index (χ4v) is 3.31. The Bertz CT molecular complexity index is 978. The SMILES string of the molecule is O=C(O)c1cn(C2CC2)c2cc(N3CCNCC3)c(F)cc2c1=O.O=[N+]([O-])O. The van der Waals surface area contributed by atoms with Crippen LogP contribution >= 0.6 is 0 Å². The van der Waals surface area contributed by atoms with E-state index in [-0.39, 0.29) is 17.0 Å². The Balaban J connectivity index is 0.000000516. The van der Waals surface area contributed by atoms with Crippen molar-refractivity contribution in [3.8, 4) is 0 Å². The van der Waals surface area contributed by atoms with Gasteiger partial charge in [0.05, 0.1) is 11.2 Å². The number of carboxylic acids is 1. The lowest BCUT2D eigenvalue weighted by atomic mass is 10.1. The van der Waals surface area contributed by atoms with E-state index in [1.165, 1.54) is 12.3 Å². The van der Waals surface area contributed by atoms with Gasteiger partial charge in [0.15, 0.2) is 0 Å². The van der Waals surface area contributed by atoms with E-state index in [2.05, 4.69) is 5.32 Å². The van der Waals surface area contributed by atoms with Gasteiger partial charge < -0.3 is 25.1 Å². The van der Waals surface area contributed by atoms with E-state index in [1.54, 1.807) is 6.07 Å². The first-order chi connectivity index (χ1) is 13.3. The van der Waals surface area contributed by atoms with E-state index in [4.69, 9.17) is 15.3 Å². The fourth-order valence-electron chi connectivity index (χ4n) is 3.31. The molecule has 1 saturated heterocycles. The van der Waals surface area contributed by atoms with Crippen LogP contribution in [0.3, 0.4) is 0 Å². The summed E-state index contributed by atoms with van der Waals surface area (Å²) < 4.78 is 16.4. The molecular weight excluding hydrogens is 375 g/mol. The number of hydrogen-bond donors (Lipinski definition) is 3. The van der Waals surface area contributed by atoms with Crippen LogP contribution in [0.5, 0.6) is 0 Å². The molecule has 3 N–H and O–H groups in total. The monoisotopic (exact) mass is 394 g/mol. The third-order valence-corrected chi connectivity index (χ3v) is 4.73. The van der Waals surface area contributed by atoms with Crippen LogP contribution in [0.2, 0.25) is 0 Å². The Hall–Kier alpha value is -3.21. The molecule has 0 unspecified atom stereocenters. The summed E-state index contributed by atoms with van der Waals surface area (Å²) in [6.07, 6.45) is 3.29. The maximum Gasteiger partial charge on any atom is 0.341 e. The molecule has 150 valence electrons. The summed E-state index contributed by atoms with van der Waals surface area (Å²) >= 11 is 0. The number of aromatic carboxylic acids is 1. The number of halogens is 1. The zero-order valence-electron chi connectivity index (χ0n) is 14.8. The molecule has 28 heavy (non-hydrogen) atoms. The Kier molecular flexibility index (Phi) is 5.45. The molecule has 0 bridgehead atoms. The molecule has 2 heterocycles. The average Bonchev–Trinajstić information content (AvgIpc) is 3.47. The highest BCUT2D eigenvalue weighted by Crippen LogP contribution is 2.38. The molecule has 2 aromatic rings. The van der Waals surface area contributed by atoms with Gasteiger partial charge >= 0.3 is 5.97 Å². The summed E-state index contributed by atoms with van der Waals surface area (Å²) in [4.78, 5) is 34.1. The van der Waals surface area contributed by atoms with Crippen molar-refractivity contribution in [3.63, 3.8) is 0 Å². The van der Waals surface area contributed by atoms with Gasteiger partial charge in [-0.3, -0.25) is 4.79 Å². The minimum Gasteiger partial charge on any atom is -0.477 e. The number of rotatable bonds is 3. The maximum absolute atomic E-state index is 14.6. The highest BCUT2D eigenvalue weighted by Gasteiger charge is 2.28. The van der Waals surface area contributed by atoms with E-state index in [9.17, 15) is 19.1 Å². The molecule has 2 aliphatic rings. The van der Waals surface area contributed by atoms with E-state index in [0.29, 0.717) is 24.3 Å². The minimum absolute atomic E-state index is 0.137. The minimum atomic E-state index is -1.50. The van der Waals surface area contributed by atoms with Crippen molar-refractivity contribution in [1.82, 2.24) is 9.88 Å². The molecule has 1 aliphatic heterocycles. The highest BCUT2D eigenvalue weighted by atomic mass is 19.1. The number of pyridine rings is 1. The van der Waals surface area contributed by atoms with Crippen molar-refractivity contribution in [2.75, 3.05) is 31.1 Å². The van der Waals surface area contributed by atoms with E-state index in [0.717, 1.165) is 25.9 Å². The fraction of sp³-hybridized carbons (Fsp3) is 0.412. The van der Waals surface area contributed by atoms with Crippen molar-refractivity contribution in [2.45, 2.75) is 18.9 Å². The second-order valence-electron chi connectivity index (χ2n) is 6.61. The van der Waals surface area contributed by atoms with E-state index < -0.39 is 22.3 Å². The summed E-state index contributed by atoms with van der Waals surface area (Å²) in [5, 5.41) is 26.3. The number of anilines is 1. The van der Waals surface area contributed by atoms with Crippen LogP contribution in [-0.2, 0) is 0 Å². The van der Waals surface area contributed by atoms with Crippen LogP contribution in [0.1, 0.15) is 29.2 Å². The largest absolute Gasteiger partial charge is 0.477 e. The number of benzene rings is 1. The first kappa shape index (κ1) is 19.5. The zero-order chi connectivity index (χ0) is 20.4. The number of nitrogens with one attached hydrogen (secondary N) is 1. The molecule has 1 saturated carbocycles. The lowest BCUT2D eigenvalue weighted by Crippen LogP contribution is -2.43. The lowest BCUT2D eigenvalue weighted by Gasteiger charge is -2.30. The number of aromatic nitrogens is 1. The van der Waals surface area contributed by atoms with Gasteiger partial charge in [-0.25, -0.2) is 9.18 Å². The summed E-state index contributed by atoms with van der Waals surface area (Å²) in [6, 6.07) is 3.08. The Morgan fingerprint density at radius 2 is 1.89 bits per heavy atom. The Morgan fingerprint density at radius 3 is 2.43 bits per heavy atom. The van der Waals surface area contributed by atoms with Crippen LogP contribution in [0.4, 0.5) is 10.1 Å². The second-order valence-corrected chi connectivity index (χ2v) is 6.61. The number of carboxylic acid groups (broad SMARTS) is 1. The van der Waals surface area contributed by atoms with Gasteiger partial charge in [-0.05, 0) is 25.0 Å². The molecule has 0 radical (unpaired) electrons. The van der Waals surface area contributed by atoms with Crippen LogP contribution in [0.25, 0.3) is 10.9 Å². The average molecular weight is 394 g/mol. The van der Waals surface area contributed by atoms with Gasteiger partial charge in [0, 0.05) is 43.8 Å². The first-order valence-corrected chi connectivity index (χ1v) is 8.70. The third-order valence-electron chi connectivity index (χ3n) is 4.73. The summed E-state index contributed by atoms with van der Waals surface area (Å²) in [5.74, 6) is -1.76. The standard InChI is InChI=1S/C17H18FN3O3.HNO3/c18-13-7-11-14(8-15(13)20-5-3-19-4-6-20)21(10-1-2-10)9-12(16(11)22)17(23)24;2-1(3)4/h7-10,19H,1-6H2,(H,23,24);(H,2,3,4). The molecule has 0 spiro atoms. The highest BCUT2D eigenvalue weighted by molar-refractivity contribution is 5.93. The molecule has 1 aromatic heterocycles. The molecule has 0 amide bonds. The maximum atomic E-state index is 14.6. The van der Waals surface area contributed by atoms with Gasteiger partial charge in [-0.15, -0.1) is 10.1 Å². The second kappa shape index (κ2) is 7.80. The van der Waals surface area contributed by atoms with Crippen molar-refractivity contribution < 1.29 is 24.6 Å². The van der Waals surface area contributed by atoms with Gasteiger partial charge in [0.2, 0.25) is 5.43 Å². The molecule has 11 heteroatoms. The molecule has 1 aromatic carbocycles. The number of piperazine rings is 1. The van der Waals surface area contributed by atoms with E-state index >= 15 is 0 Å². The predicted molar refractivity (Wildman–Crippen MR) is 97.3 cm³/mol. The zero-order valence-corrected chi connectivity index (χ0v) is 14.8. The van der Waals surface area contributed by atoms with Crippen molar-refractivity contribution >= 4 is 22.6 Å². The molecule has 2 fully saturated rings. The quantitative estimate of drug-likeness (QED) is 0.522. The molecule has 0 atom stereocenters. The lowest BCUT2D eigenvalue weighted by molar-refractivity contribution is -0.742. The van der Waals surface area contributed by atoms with Crippen LogP contribution in [-0.4, -0.2) is 52.1 Å². The first-order valence-electron chi connectivity index (χ1n) is 8.70. The van der Waals surface area contributed by atoms with Crippen molar-refractivity contribution in [1.29, 1.82) is 0 Å². The van der Waals surface area contributed by atoms with Crippen LogP contribution in [0, 0.1) is 15.9 Å². The summed E-state index contributed by atoms with van der Waals surface area (Å²) in [5.41, 5.74) is 0.159. The topological polar surface area (TPSA) is 138 Å². The number of fused-ring (bicyclic) bond motifs is 1. The molecule has 10 nitrogen and oxygen atoms in total. The van der Waals surface area contributed by atoms with Crippen molar-refractivity contribution in [2.24, 2.45) is 0 Å². The molecule has 4 rings (SSSR count). The van der Waals surface area contributed by atoms with Crippen LogP contribution < -0.4 is 15.6 Å². The summed E-state index contributed by atoms with van der Waals surface area (Å²) in [6.45, 7) is 2.96. The summed E-state index contributed by atoms with van der Waals surface area (Å²) in [7, 11) is 0.